The molecule has 0 spiro atoms. The van der Waals surface area contributed by atoms with E-state index in [2.05, 4.69) is 15.6 Å². The second kappa shape index (κ2) is 8.68. The van der Waals surface area contributed by atoms with Gasteiger partial charge in [0.25, 0.3) is 0 Å². The van der Waals surface area contributed by atoms with Gasteiger partial charge in [-0.15, -0.1) is 0 Å². The number of anilines is 1. The van der Waals surface area contributed by atoms with Crippen LogP contribution in [0.2, 0.25) is 0 Å². The molecule has 1 heterocycles. The summed E-state index contributed by atoms with van der Waals surface area (Å²) in [5, 5.41) is 5.36. The maximum atomic E-state index is 12.9. The van der Waals surface area contributed by atoms with Crippen LogP contribution in [-0.2, 0) is 16.1 Å². The van der Waals surface area contributed by atoms with E-state index in [0.29, 0.717) is 23.1 Å². The molecular formula is C19H18FN3O3S. The molecule has 2 amide bonds. The highest BCUT2D eigenvalue weighted by molar-refractivity contribution is 8.15. The molecule has 1 saturated heterocycles. The van der Waals surface area contributed by atoms with Gasteiger partial charge in [0.05, 0.1) is 13.7 Å². The van der Waals surface area contributed by atoms with Crippen LogP contribution in [0.25, 0.3) is 0 Å². The number of benzene rings is 2. The van der Waals surface area contributed by atoms with E-state index in [1.165, 1.54) is 23.9 Å². The minimum Gasteiger partial charge on any atom is -0.497 e. The number of halogens is 1. The van der Waals surface area contributed by atoms with Crippen molar-refractivity contribution in [2.75, 3.05) is 12.4 Å². The Morgan fingerprint density at radius 3 is 2.59 bits per heavy atom. The number of carbonyl (C=O) groups excluding carboxylic acids is 2. The highest BCUT2D eigenvalue weighted by Crippen LogP contribution is 2.24. The molecule has 1 fully saturated rings. The maximum absolute atomic E-state index is 12.9. The fourth-order valence-electron chi connectivity index (χ4n) is 2.42. The average molecular weight is 387 g/mol. The van der Waals surface area contributed by atoms with Crippen LogP contribution < -0.4 is 15.4 Å². The number of hydrogen-bond acceptors (Lipinski definition) is 5. The number of thioether (sulfide) groups is 1. The van der Waals surface area contributed by atoms with Crippen LogP contribution in [0.5, 0.6) is 5.75 Å². The Balaban J connectivity index is 1.52. The SMILES string of the molecule is COc1ccc(NC(=O)C[C@H]2SC(=NCc3ccc(F)cc3)NC2=O)cc1. The first-order chi connectivity index (χ1) is 13.0. The van der Waals surface area contributed by atoms with E-state index in [-0.39, 0.29) is 24.1 Å². The van der Waals surface area contributed by atoms with Crippen LogP contribution in [0.4, 0.5) is 10.1 Å². The molecule has 0 bridgehead atoms. The summed E-state index contributed by atoms with van der Waals surface area (Å²) >= 11 is 1.22. The molecule has 1 atom stereocenters. The van der Waals surface area contributed by atoms with Crippen molar-refractivity contribution in [1.29, 1.82) is 0 Å². The average Bonchev–Trinajstić information content (AvgIpc) is 3.01. The molecule has 0 radical (unpaired) electrons. The van der Waals surface area contributed by atoms with Gasteiger partial charge in [-0.1, -0.05) is 23.9 Å². The fraction of sp³-hybridized carbons (Fsp3) is 0.211. The number of rotatable bonds is 6. The topological polar surface area (TPSA) is 79.8 Å². The van der Waals surface area contributed by atoms with Gasteiger partial charge in [0, 0.05) is 12.1 Å². The van der Waals surface area contributed by atoms with Crippen LogP contribution >= 0.6 is 11.8 Å². The molecular weight excluding hydrogens is 369 g/mol. The summed E-state index contributed by atoms with van der Waals surface area (Å²) in [5.74, 6) is -0.117. The molecule has 2 aromatic rings. The largest absolute Gasteiger partial charge is 0.497 e. The number of hydrogen-bond donors (Lipinski definition) is 2. The van der Waals surface area contributed by atoms with Gasteiger partial charge in [-0.05, 0) is 42.0 Å². The molecule has 0 aliphatic carbocycles. The number of nitrogens with zero attached hydrogens (tertiary/aromatic N) is 1. The number of amidine groups is 1. The number of aliphatic imine (C=N–C) groups is 1. The molecule has 1 aliphatic rings. The summed E-state index contributed by atoms with van der Waals surface area (Å²) in [6.45, 7) is 0.327. The van der Waals surface area contributed by atoms with E-state index in [1.54, 1.807) is 43.5 Å². The molecule has 1 aliphatic heterocycles. The van der Waals surface area contributed by atoms with E-state index in [1.807, 2.05) is 0 Å². The smallest absolute Gasteiger partial charge is 0.240 e. The lowest BCUT2D eigenvalue weighted by molar-refractivity contribution is -0.122. The normalized spacial score (nSPS) is 17.6. The molecule has 0 aromatic heterocycles. The highest BCUT2D eigenvalue weighted by Gasteiger charge is 2.31. The monoisotopic (exact) mass is 387 g/mol. The molecule has 0 saturated carbocycles. The summed E-state index contributed by atoms with van der Waals surface area (Å²) in [5.41, 5.74) is 1.47. The molecule has 8 heteroatoms. The number of nitrogens with one attached hydrogen (secondary N) is 2. The minimum absolute atomic E-state index is 0.0398. The zero-order chi connectivity index (χ0) is 19.2. The second-order valence-corrected chi connectivity index (χ2v) is 7.02. The third-order valence-electron chi connectivity index (χ3n) is 3.84. The van der Waals surface area contributed by atoms with Crippen molar-refractivity contribution in [3.63, 3.8) is 0 Å². The van der Waals surface area contributed by atoms with Crippen molar-refractivity contribution >= 4 is 34.4 Å². The van der Waals surface area contributed by atoms with E-state index in [9.17, 15) is 14.0 Å². The van der Waals surface area contributed by atoms with Crippen LogP contribution in [0.15, 0.2) is 53.5 Å². The zero-order valence-electron chi connectivity index (χ0n) is 14.6. The summed E-state index contributed by atoms with van der Waals surface area (Å²) in [6.07, 6.45) is 0.0398. The molecule has 0 unspecified atom stereocenters. The van der Waals surface area contributed by atoms with Crippen molar-refractivity contribution in [2.24, 2.45) is 4.99 Å². The molecule has 3 rings (SSSR count). The highest BCUT2D eigenvalue weighted by atomic mass is 32.2. The van der Waals surface area contributed by atoms with Gasteiger partial charge in [0.1, 0.15) is 16.8 Å². The minimum atomic E-state index is -0.532. The molecule has 140 valence electrons. The summed E-state index contributed by atoms with van der Waals surface area (Å²) in [6, 6.07) is 13.0. The Hall–Kier alpha value is -2.87. The zero-order valence-corrected chi connectivity index (χ0v) is 15.4. The van der Waals surface area contributed by atoms with Gasteiger partial charge in [0.15, 0.2) is 5.17 Å². The van der Waals surface area contributed by atoms with Gasteiger partial charge in [-0.2, -0.15) is 0 Å². The quantitative estimate of drug-likeness (QED) is 0.799. The van der Waals surface area contributed by atoms with Crippen LogP contribution in [0.3, 0.4) is 0 Å². The van der Waals surface area contributed by atoms with E-state index in [0.717, 1.165) is 5.56 Å². The summed E-state index contributed by atoms with van der Waals surface area (Å²) in [4.78, 5) is 28.5. The van der Waals surface area contributed by atoms with E-state index < -0.39 is 5.25 Å². The lowest BCUT2D eigenvalue weighted by atomic mass is 10.2. The second-order valence-electron chi connectivity index (χ2n) is 5.82. The Labute approximate surface area is 160 Å². The molecule has 2 N–H and O–H groups in total. The molecule has 2 aromatic carbocycles. The number of ether oxygens (including phenoxy) is 1. The van der Waals surface area contributed by atoms with Gasteiger partial charge < -0.3 is 15.4 Å². The van der Waals surface area contributed by atoms with Crippen LogP contribution in [-0.4, -0.2) is 29.3 Å². The van der Waals surface area contributed by atoms with Crippen molar-refractivity contribution in [2.45, 2.75) is 18.2 Å². The Morgan fingerprint density at radius 2 is 1.93 bits per heavy atom. The lowest BCUT2D eigenvalue weighted by Crippen LogP contribution is -2.28. The van der Waals surface area contributed by atoms with Crippen molar-refractivity contribution in [1.82, 2.24) is 5.32 Å². The first-order valence-electron chi connectivity index (χ1n) is 8.24. The van der Waals surface area contributed by atoms with Gasteiger partial charge in [-0.3, -0.25) is 14.6 Å². The summed E-state index contributed by atoms with van der Waals surface area (Å²) in [7, 11) is 1.57. The summed E-state index contributed by atoms with van der Waals surface area (Å²) < 4.78 is 18.0. The number of methoxy groups -OCH3 is 1. The van der Waals surface area contributed by atoms with Gasteiger partial charge in [-0.25, -0.2) is 4.39 Å². The van der Waals surface area contributed by atoms with Crippen molar-refractivity contribution in [3.8, 4) is 5.75 Å². The van der Waals surface area contributed by atoms with Crippen molar-refractivity contribution in [3.05, 3.63) is 59.9 Å². The maximum Gasteiger partial charge on any atom is 0.240 e. The van der Waals surface area contributed by atoms with Crippen LogP contribution in [0.1, 0.15) is 12.0 Å². The third-order valence-corrected chi connectivity index (χ3v) is 4.96. The lowest BCUT2D eigenvalue weighted by Gasteiger charge is -2.08. The number of carbonyl (C=O) groups is 2. The Kier molecular flexibility index (Phi) is 6.08. The van der Waals surface area contributed by atoms with Gasteiger partial charge >= 0.3 is 0 Å². The van der Waals surface area contributed by atoms with E-state index in [4.69, 9.17) is 4.74 Å². The molecule has 27 heavy (non-hydrogen) atoms. The first kappa shape index (κ1) is 18.9. The van der Waals surface area contributed by atoms with Gasteiger partial charge in [0.2, 0.25) is 11.8 Å². The van der Waals surface area contributed by atoms with Crippen molar-refractivity contribution < 1.29 is 18.7 Å². The predicted octanol–water partition coefficient (Wildman–Crippen LogP) is 2.95. The Morgan fingerprint density at radius 1 is 1.22 bits per heavy atom. The van der Waals surface area contributed by atoms with E-state index >= 15 is 0 Å². The number of amides is 2. The van der Waals surface area contributed by atoms with Crippen LogP contribution in [0, 0.1) is 5.82 Å². The first-order valence-corrected chi connectivity index (χ1v) is 9.12. The Bertz CT molecular complexity index is 854. The standard InChI is InChI=1S/C19H18FN3O3S/c1-26-15-8-6-14(7-9-15)22-17(24)10-16-18(25)23-19(27-16)21-11-12-2-4-13(20)5-3-12/h2-9,16H,10-11H2,1H3,(H,22,24)(H,21,23,25)/t16-/m1/s1. The molecule has 6 nitrogen and oxygen atoms in total. The third kappa shape index (κ3) is 5.30. The predicted molar refractivity (Wildman–Crippen MR) is 103 cm³/mol. The fourth-order valence-corrected chi connectivity index (χ4v) is 3.39.